The lowest BCUT2D eigenvalue weighted by atomic mass is 9.89. The zero-order valence-electron chi connectivity index (χ0n) is 16.3. The quantitative estimate of drug-likeness (QED) is 0.744. The Morgan fingerprint density at radius 2 is 2.00 bits per heavy atom. The lowest BCUT2D eigenvalue weighted by Crippen LogP contribution is -2.57. The number of ether oxygens (including phenoxy) is 1. The van der Waals surface area contributed by atoms with Crippen LogP contribution < -0.4 is 11.2 Å². The third-order valence-electron chi connectivity index (χ3n) is 5.84. The van der Waals surface area contributed by atoms with Gasteiger partial charge in [0.1, 0.15) is 0 Å². The van der Waals surface area contributed by atoms with E-state index in [1.807, 2.05) is 6.20 Å². The van der Waals surface area contributed by atoms with Crippen molar-refractivity contribution in [1.82, 2.24) is 29.3 Å². The molecule has 9 heteroatoms. The molecule has 0 bridgehead atoms. The predicted molar refractivity (Wildman–Crippen MR) is 104 cm³/mol. The maximum absolute atomic E-state index is 12.1. The summed E-state index contributed by atoms with van der Waals surface area (Å²) in [5, 5.41) is 0. The monoisotopic (exact) mass is 388 g/mol. The van der Waals surface area contributed by atoms with E-state index < -0.39 is 0 Å². The number of rotatable bonds is 5. The van der Waals surface area contributed by atoms with Crippen LogP contribution in [-0.4, -0.2) is 74.3 Å². The minimum Gasteiger partial charge on any atom is -0.372 e. The van der Waals surface area contributed by atoms with Crippen molar-refractivity contribution < 1.29 is 4.74 Å². The molecular weight excluding hydrogens is 360 g/mol. The van der Waals surface area contributed by atoms with Crippen molar-refractivity contribution in [3.8, 4) is 0 Å². The molecular formula is C19H28N6O3. The molecule has 0 atom stereocenters. The molecule has 2 N–H and O–H groups in total. The number of nitrogens with one attached hydrogen (secondary N) is 2. The number of aryl methyl sites for hydroxylation is 1. The van der Waals surface area contributed by atoms with E-state index in [0.29, 0.717) is 25.4 Å². The maximum atomic E-state index is 12.1. The highest BCUT2D eigenvalue weighted by atomic mass is 16.5. The average molecular weight is 388 g/mol. The van der Waals surface area contributed by atoms with Crippen molar-refractivity contribution in [3.63, 3.8) is 0 Å². The molecule has 28 heavy (non-hydrogen) atoms. The van der Waals surface area contributed by atoms with Gasteiger partial charge in [0.2, 0.25) is 0 Å². The van der Waals surface area contributed by atoms with Crippen LogP contribution in [-0.2, 0) is 17.8 Å². The first-order valence-corrected chi connectivity index (χ1v) is 9.90. The molecule has 0 amide bonds. The van der Waals surface area contributed by atoms with E-state index in [0.717, 1.165) is 51.3 Å². The van der Waals surface area contributed by atoms with E-state index in [2.05, 4.69) is 24.8 Å². The summed E-state index contributed by atoms with van der Waals surface area (Å²) >= 11 is 0. The fraction of sp³-hybridized carbons (Fsp3) is 0.632. The van der Waals surface area contributed by atoms with Crippen LogP contribution in [0.2, 0.25) is 0 Å². The van der Waals surface area contributed by atoms with Crippen LogP contribution in [0.1, 0.15) is 24.2 Å². The van der Waals surface area contributed by atoms with Crippen molar-refractivity contribution in [3.05, 3.63) is 50.8 Å². The number of hydrogen-bond acceptors (Lipinski definition) is 6. The fourth-order valence-electron chi connectivity index (χ4n) is 4.24. The highest BCUT2D eigenvalue weighted by Gasteiger charge is 2.39. The predicted octanol–water partition coefficient (Wildman–Crippen LogP) is -0.0649. The molecule has 152 valence electrons. The van der Waals surface area contributed by atoms with Gasteiger partial charge < -0.3 is 14.7 Å². The van der Waals surface area contributed by atoms with Gasteiger partial charge in [-0.15, -0.1) is 0 Å². The lowest BCUT2D eigenvalue weighted by molar-refractivity contribution is -0.136. The van der Waals surface area contributed by atoms with Crippen LogP contribution in [0.15, 0.2) is 28.2 Å². The van der Waals surface area contributed by atoms with E-state index >= 15 is 0 Å². The molecule has 2 saturated heterocycles. The van der Waals surface area contributed by atoms with Crippen molar-refractivity contribution in [2.45, 2.75) is 38.5 Å². The van der Waals surface area contributed by atoms with Gasteiger partial charge in [-0.2, -0.15) is 0 Å². The Balaban J connectivity index is 1.32. The van der Waals surface area contributed by atoms with Crippen LogP contribution in [0.3, 0.4) is 0 Å². The fourth-order valence-corrected chi connectivity index (χ4v) is 4.24. The summed E-state index contributed by atoms with van der Waals surface area (Å²) in [6.45, 7) is 8.04. The Bertz CT molecular complexity index is 864. The van der Waals surface area contributed by atoms with Gasteiger partial charge in [0.15, 0.2) is 0 Å². The number of H-pyrrole nitrogens is 2. The van der Waals surface area contributed by atoms with Crippen LogP contribution in [0, 0.1) is 6.92 Å². The SMILES string of the molecule is Cc1cc(=O)n(CCN2CCOC3(CCN(Cc4cnc[nH]4)CC3)C2)c(=O)[nH]1. The van der Waals surface area contributed by atoms with Crippen LogP contribution in [0.4, 0.5) is 0 Å². The first-order chi connectivity index (χ1) is 13.5. The molecule has 2 aliphatic rings. The summed E-state index contributed by atoms with van der Waals surface area (Å²) in [6, 6.07) is 1.47. The molecule has 1 spiro atoms. The van der Waals surface area contributed by atoms with Crippen LogP contribution >= 0.6 is 0 Å². The Labute approximate surface area is 163 Å². The molecule has 2 aromatic heterocycles. The van der Waals surface area contributed by atoms with Gasteiger partial charge in [0, 0.05) is 69.5 Å². The van der Waals surface area contributed by atoms with E-state index in [4.69, 9.17) is 4.74 Å². The number of morpholine rings is 1. The number of likely N-dealkylation sites (tertiary alicyclic amines) is 1. The van der Waals surface area contributed by atoms with E-state index in [1.54, 1.807) is 13.3 Å². The molecule has 0 unspecified atom stereocenters. The van der Waals surface area contributed by atoms with Gasteiger partial charge in [0.05, 0.1) is 18.5 Å². The van der Waals surface area contributed by atoms with Crippen molar-refractivity contribution >= 4 is 0 Å². The summed E-state index contributed by atoms with van der Waals surface area (Å²) < 4.78 is 7.49. The molecule has 2 fully saturated rings. The molecule has 9 nitrogen and oxygen atoms in total. The number of nitrogens with zero attached hydrogens (tertiary/aromatic N) is 4. The number of aromatic nitrogens is 4. The molecule has 0 aliphatic carbocycles. The topological polar surface area (TPSA) is 99.2 Å². The number of hydrogen-bond donors (Lipinski definition) is 2. The van der Waals surface area contributed by atoms with Crippen molar-refractivity contribution in [2.24, 2.45) is 0 Å². The maximum Gasteiger partial charge on any atom is 0.328 e. The Kier molecular flexibility index (Phi) is 5.47. The highest BCUT2D eigenvalue weighted by Crippen LogP contribution is 2.30. The van der Waals surface area contributed by atoms with Crippen LogP contribution in [0.25, 0.3) is 0 Å². The van der Waals surface area contributed by atoms with Gasteiger partial charge in [-0.1, -0.05) is 0 Å². The molecule has 0 aromatic carbocycles. The Hall–Kier alpha value is -2.23. The Morgan fingerprint density at radius 3 is 2.71 bits per heavy atom. The molecule has 0 radical (unpaired) electrons. The first-order valence-electron chi connectivity index (χ1n) is 9.90. The number of aromatic amines is 2. The standard InChI is InChI=1S/C19H28N6O3/c1-15-10-17(26)25(18(27)22-15)7-6-24-8-9-28-19(13-24)2-4-23(5-3-19)12-16-11-20-14-21-16/h10-11,14H,2-9,12-13H2,1H3,(H,20,21)(H,22,27). The first kappa shape index (κ1) is 19.1. The van der Waals surface area contributed by atoms with Gasteiger partial charge in [-0.3, -0.25) is 19.2 Å². The molecule has 4 heterocycles. The minimum absolute atomic E-state index is 0.118. The van der Waals surface area contributed by atoms with Crippen molar-refractivity contribution in [2.75, 3.05) is 39.3 Å². The summed E-state index contributed by atoms with van der Waals surface area (Å²) in [4.78, 5) is 38.8. The normalized spacial score (nSPS) is 20.6. The zero-order valence-corrected chi connectivity index (χ0v) is 16.3. The van der Waals surface area contributed by atoms with Crippen LogP contribution in [0.5, 0.6) is 0 Å². The zero-order chi connectivity index (χ0) is 19.6. The number of piperidine rings is 1. The second-order valence-electron chi connectivity index (χ2n) is 7.91. The lowest BCUT2D eigenvalue weighted by Gasteiger charge is -2.47. The van der Waals surface area contributed by atoms with E-state index in [-0.39, 0.29) is 16.9 Å². The van der Waals surface area contributed by atoms with Crippen molar-refractivity contribution in [1.29, 1.82) is 0 Å². The second kappa shape index (κ2) is 8.02. The number of imidazole rings is 1. The Morgan fingerprint density at radius 1 is 1.18 bits per heavy atom. The van der Waals surface area contributed by atoms with E-state index in [1.165, 1.54) is 10.6 Å². The summed E-state index contributed by atoms with van der Waals surface area (Å²) in [6.07, 6.45) is 5.57. The third kappa shape index (κ3) is 4.26. The summed E-state index contributed by atoms with van der Waals surface area (Å²) in [5.74, 6) is 0. The largest absolute Gasteiger partial charge is 0.372 e. The average Bonchev–Trinajstić information content (AvgIpc) is 3.16. The minimum atomic E-state index is -0.333. The summed E-state index contributed by atoms with van der Waals surface area (Å²) in [5.41, 5.74) is 1.04. The second-order valence-corrected chi connectivity index (χ2v) is 7.91. The van der Waals surface area contributed by atoms with E-state index in [9.17, 15) is 9.59 Å². The van der Waals surface area contributed by atoms with Gasteiger partial charge in [-0.25, -0.2) is 9.78 Å². The molecule has 2 aliphatic heterocycles. The third-order valence-corrected chi connectivity index (χ3v) is 5.84. The van der Waals surface area contributed by atoms with Gasteiger partial charge in [-0.05, 0) is 19.8 Å². The van der Waals surface area contributed by atoms with Gasteiger partial charge in [0.25, 0.3) is 5.56 Å². The molecule has 2 aromatic rings. The summed E-state index contributed by atoms with van der Waals surface area (Å²) in [7, 11) is 0. The van der Waals surface area contributed by atoms with Gasteiger partial charge >= 0.3 is 5.69 Å². The molecule has 4 rings (SSSR count). The smallest absolute Gasteiger partial charge is 0.328 e. The highest BCUT2D eigenvalue weighted by molar-refractivity contribution is 4.98. The molecule has 0 saturated carbocycles.